The molecule has 1 aromatic carbocycles. The van der Waals surface area contributed by atoms with E-state index in [4.69, 9.17) is 11.0 Å². The molecule has 2 rings (SSSR count). The Morgan fingerprint density at radius 1 is 1.58 bits per heavy atom. The number of hydrogen-bond acceptors (Lipinski definition) is 5. The number of benzene rings is 1. The summed E-state index contributed by atoms with van der Waals surface area (Å²) in [7, 11) is 0. The molecular formula is C12H12N4O3. The van der Waals surface area contributed by atoms with Crippen LogP contribution in [0.15, 0.2) is 18.2 Å². The minimum Gasteiger partial charge on any atom is -0.329 e. The van der Waals surface area contributed by atoms with Crippen molar-refractivity contribution in [3.63, 3.8) is 0 Å². The number of nitro groups is 1. The SMILES string of the molecule is N#Cc1ccc(NC(=O)C2(CN)CC2)c([N+](=O)[O-])c1. The molecule has 0 spiro atoms. The zero-order chi connectivity index (χ0) is 14.0. The lowest BCUT2D eigenvalue weighted by Crippen LogP contribution is -2.31. The van der Waals surface area contributed by atoms with E-state index < -0.39 is 10.3 Å². The summed E-state index contributed by atoms with van der Waals surface area (Å²) in [6.45, 7) is 0.225. The number of rotatable bonds is 4. The van der Waals surface area contributed by atoms with Crippen LogP contribution < -0.4 is 11.1 Å². The Morgan fingerprint density at radius 2 is 2.26 bits per heavy atom. The van der Waals surface area contributed by atoms with Crippen molar-refractivity contribution in [2.75, 3.05) is 11.9 Å². The van der Waals surface area contributed by atoms with Gasteiger partial charge < -0.3 is 11.1 Å². The molecule has 1 aromatic rings. The molecule has 0 heterocycles. The van der Waals surface area contributed by atoms with Crippen molar-refractivity contribution in [3.05, 3.63) is 33.9 Å². The van der Waals surface area contributed by atoms with Crippen LogP contribution in [0.25, 0.3) is 0 Å². The maximum atomic E-state index is 12.0. The minimum absolute atomic E-state index is 0.0914. The van der Waals surface area contributed by atoms with E-state index in [2.05, 4.69) is 5.32 Å². The summed E-state index contributed by atoms with van der Waals surface area (Å²) >= 11 is 0. The molecule has 0 saturated heterocycles. The first-order valence-corrected chi connectivity index (χ1v) is 5.72. The molecule has 1 aliphatic rings. The topological polar surface area (TPSA) is 122 Å². The predicted molar refractivity (Wildman–Crippen MR) is 67.2 cm³/mol. The van der Waals surface area contributed by atoms with Crippen LogP contribution in [0.5, 0.6) is 0 Å². The Balaban J connectivity index is 2.28. The van der Waals surface area contributed by atoms with E-state index in [0.29, 0.717) is 12.8 Å². The molecule has 19 heavy (non-hydrogen) atoms. The van der Waals surface area contributed by atoms with Crippen LogP contribution in [0.2, 0.25) is 0 Å². The number of amides is 1. The van der Waals surface area contributed by atoms with Gasteiger partial charge in [0.2, 0.25) is 5.91 Å². The Bertz CT molecular complexity index is 587. The summed E-state index contributed by atoms with van der Waals surface area (Å²) in [5.41, 5.74) is 4.92. The van der Waals surface area contributed by atoms with Crippen molar-refractivity contribution in [2.45, 2.75) is 12.8 Å². The van der Waals surface area contributed by atoms with Gasteiger partial charge >= 0.3 is 0 Å². The Hall–Kier alpha value is -2.46. The van der Waals surface area contributed by atoms with Crippen molar-refractivity contribution in [2.24, 2.45) is 11.1 Å². The summed E-state index contributed by atoms with van der Waals surface area (Å²) < 4.78 is 0. The average Bonchev–Trinajstić information content (AvgIpc) is 3.20. The van der Waals surface area contributed by atoms with Gasteiger partial charge in [-0.05, 0) is 25.0 Å². The minimum atomic E-state index is -0.627. The Labute approximate surface area is 109 Å². The molecule has 7 heteroatoms. The average molecular weight is 260 g/mol. The van der Waals surface area contributed by atoms with Crippen LogP contribution >= 0.6 is 0 Å². The van der Waals surface area contributed by atoms with Crippen LogP contribution in [-0.2, 0) is 4.79 Å². The quantitative estimate of drug-likeness (QED) is 0.620. The number of nitro benzene ring substituents is 1. The van der Waals surface area contributed by atoms with E-state index in [1.165, 1.54) is 12.1 Å². The largest absolute Gasteiger partial charge is 0.329 e. The zero-order valence-electron chi connectivity index (χ0n) is 10.0. The number of nitrogens with zero attached hydrogens (tertiary/aromatic N) is 2. The van der Waals surface area contributed by atoms with Gasteiger partial charge in [0.05, 0.1) is 22.0 Å². The highest BCUT2D eigenvalue weighted by molar-refractivity contribution is 5.99. The van der Waals surface area contributed by atoms with E-state index in [-0.39, 0.29) is 29.4 Å². The molecule has 0 aliphatic heterocycles. The molecule has 7 nitrogen and oxygen atoms in total. The Morgan fingerprint density at radius 3 is 2.74 bits per heavy atom. The fourth-order valence-corrected chi connectivity index (χ4v) is 1.79. The number of anilines is 1. The highest BCUT2D eigenvalue weighted by Gasteiger charge is 2.48. The molecule has 1 fully saturated rings. The van der Waals surface area contributed by atoms with Crippen LogP contribution in [0, 0.1) is 26.9 Å². The maximum absolute atomic E-state index is 12.0. The van der Waals surface area contributed by atoms with E-state index >= 15 is 0 Å². The number of nitrogens with two attached hydrogens (primary N) is 1. The third-order valence-electron chi connectivity index (χ3n) is 3.30. The lowest BCUT2D eigenvalue weighted by molar-refractivity contribution is -0.384. The number of nitrogens with one attached hydrogen (secondary N) is 1. The Kier molecular flexibility index (Phi) is 3.19. The first-order chi connectivity index (χ1) is 9.02. The van der Waals surface area contributed by atoms with E-state index in [1.54, 1.807) is 0 Å². The van der Waals surface area contributed by atoms with Gasteiger partial charge in [0.1, 0.15) is 5.69 Å². The molecule has 1 aliphatic carbocycles. The van der Waals surface area contributed by atoms with Crippen molar-refractivity contribution in [1.29, 1.82) is 5.26 Å². The van der Waals surface area contributed by atoms with Crippen molar-refractivity contribution < 1.29 is 9.72 Å². The maximum Gasteiger partial charge on any atom is 0.294 e. The van der Waals surface area contributed by atoms with Crippen molar-refractivity contribution >= 4 is 17.3 Å². The van der Waals surface area contributed by atoms with Gasteiger partial charge in [-0.15, -0.1) is 0 Å². The second-order valence-corrected chi connectivity index (χ2v) is 4.54. The molecule has 0 aromatic heterocycles. The number of hydrogen-bond donors (Lipinski definition) is 2. The molecule has 0 atom stereocenters. The van der Waals surface area contributed by atoms with Crippen LogP contribution in [-0.4, -0.2) is 17.4 Å². The number of nitriles is 1. The van der Waals surface area contributed by atoms with Gasteiger partial charge in [-0.3, -0.25) is 14.9 Å². The first-order valence-electron chi connectivity index (χ1n) is 5.72. The van der Waals surface area contributed by atoms with Crippen molar-refractivity contribution in [1.82, 2.24) is 0 Å². The second kappa shape index (κ2) is 4.66. The van der Waals surface area contributed by atoms with Gasteiger partial charge in [0.15, 0.2) is 0 Å². The fraction of sp³-hybridized carbons (Fsp3) is 0.333. The van der Waals surface area contributed by atoms with Gasteiger partial charge in [-0.25, -0.2) is 0 Å². The third-order valence-corrected chi connectivity index (χ3v) is 3.30. The van der Waals surface area contributed by atoms with Crippen LogP contribution in [0.4, 0.5) is 11.4 Å². The van der Waals surface area contributed by atoms with Gasteiger partial charge in [-0.2, -0.15) is 5.26 Å². The summed E-state index contributed by atoms with van der Waals surface area (Å²) in [5.74, 6) is -0.303. The molecule has 1 saturated carbocycles. The summed E-state index contributed by atoms with van der Waals surface area (Å²) in [6.07, 6.45) is 1.39. The monoisotopic (exact) mass is 260 g/mol. The number of carbonyl (C=O) groups excluding carboxylic acids is 1. The molecule has 1 amide bonds. The lowest BCUT2D eigenvalue weighted by Gasteiger charge is -2.12. The van der Waals surface area contributed by atoms with E-state index in [0.717, 1.165) is 6.07 Å². The molecule has 98 valence electrons. The highest BCUT2D eigenvalue weighted by Crippen LogP contribution is 2.45. The van der Waals surface area contributed by atoms with Gasteiger partial charge in [-0.1, -0.05) is 0 Å². The second-order valence-electron chi connectivity index (χ2n) is 4.54. The normalized spacial score (nSPS) is 15.4. The van der Waals surface area contributed by atoms with Gasteiger partial charge in [0, 0.05) is 12.6 Å². The molecule has 3 N–H and O–H groups in total. The third kappa shape index (κ3) is 2.39. The van der Waals surface area contributed by atoms with Gasteiger partial charge in [0.25, 0.3) is 5.69 Å². The lowest BCUT2D eigenvalue weighted by atomic mass is 10.1. The number of carbonyl (C=O) groups is 1. The summed E-state index contributed by atoms with van der Waals surface area (Å²) in [5, 5.41) is 22.2. The van der Waals surface area contributed by atoms with Crippen LogP contribution in [0.3, 0.4) is 0 Å². The smallest absolute Gasteiger partial charge is 0.294 e. The molecule has 0 unspecified atom stereocenters. The summed E-state index contributed by atoms with van der Waals surface area (Å²) in [6, 6.07) is 5.74. The van der Waals surface area contributed by atoms with E-state index in [9.17, 15) is 14.9 Å². The van der Waals surface area contributed by atoms with Crippen LogP contribution in [0.1, 0.15) is 18.4 Å². The van der Waals surface area contributed by atoms with Crippen molar-refractivity contribution in [3.8, 4) is 6.07 Å². The molecule has 0 radical (unpaired) electrons. The highest BCUT2D eigenvalue weighted by atomic mass is 16.6. The van der Waals surface area contributed by atoms with E-state index in [1.807, 2.05) is 6.07 Å². The fourth-order valence-electron chi connectivity index (χ4n) is 1.79. The first kappa shape index (κ1) is 13.0. The predicted octanol–water partition coefficient (Wildman–Crippen LogP) is 1.14. The standard InChI is InChI=1S/C12H12N4O3/c13-6-8-1-2-9(10(5-8)16(18)19)15-11(17)12(7-14)3-4-12/h1-2,5H,3-4,7,14H2,(H,15,17). The summed E-state index contributed by atoms with van der Waals surface area (Å²) in [4.78, 5) is 22.3. The molecule has 0 bridgehead atoms. The molecular weight excluding hydrogens is 248 g/mol. The zero-order valence-corrected chi connectivity index (χ0v) is 10.0.